The molecule has 0 unspecified atom stereocenters. The average Bonchev–Trinajstić information content (AvgIpc) is 3.22. The SMILES string of the molecule is CN(Cc1ccc(N(C)C)cc1)Cn1nc(-c2cccs2)n(C2CC2)c1=S. The van der Waals surface area contributed by atoms with E-state index in [4.69, 9.17) is 17.3 Å². The second kappa shape index (κ2) is 7.58. The van der Waals surface area contributed by atoms with Crippen molar-refractivity contribution in [1.82, 2.24) is 19.2 Å². The normalized spacial score (nSPS) is 14.1. The molecule has 5 nitrogen and oxygen atoms in total. The Balaban J connectivity index is 1.52. The number of anilines is 1. The summed E-state index contributed by atoms with van der Waals surface area (Å²) in [7, 11) is 6.23. The number of nitrogens with zero attached hydrogens (tertiary/aromatic N) is 5. The zero-order valence-electron chi connectivity index (χ0n) is 16.0. The smallest absolute Gasteiger partial charge is 0.199 e. The summed E-state index contributed by atoms with van der Waals surface area (Å²) in [4.78, 5) is 5.56. The van der Waals surface area contributed by atoms with E-state index in [9.17, 15) is 0 Å². The third kappa shape index (κ3) is 4.00. The quantitative estimate of drug-likeness (QED) is 0.542. The summed E-state index contributed by atoms with van der Waals surface area (Å²) in [5, 5.41) is 6.97. The fraction of sp³-hybridized carbons (Fsp3) is 0.400. The zero-order chi connectivity index (χ0) is 19.0. The van der Waals surface area contributed by atoms with E-state index >= 15 is 0 Å². The van der Waals surface area contributed by atoms with E-state index in [1.807, 2.05) is 4.68 Å². The molecule has 0 radical (unpaired) electrons. The third-order valence-corrected chi connectivity index (χ3v) is 6.08. The summed E-state index contributed by atoms with van der Waals surface area (Å²) in [6, 6.07) is 13.4. The molecule has 0 aliphatic heterocycles. The lowest BCUT2D eigenvalue weighted by atomic mass is 10.2. The lowest BCUT2D eigenvalue weighted by Gasteiger charge is -2.18. The van der Waals surface area contributed by atoms with Gasteiger partial charge < -0.3 is 4.90 Å². The van der Waals surface area contributed by atoms with Crippen molar-refractivity contribution in [2.75, 3.05) is 26.0 Å². The van der Waals surface area contributed by atoms with Crippen molar-refractivity contribution in [3.05, 3.63) is 52.1 Å². The van der Waals surface area contributed by atoms with Gasteiger partial charge in [0.2, 0.25) is 0 Å². The van der Waals surface area contributed by atoms with Crippen LogP contribution in [0, 0.1) is 4.77 Å². The van der Waals surface area contributed by atoms with Gasteiger partial charge in [0, 0.05) is 32.4 Å². The van der Waals surface area contributed by atoms with Gasteiger partial charge in [0.05, 0.1) is 11.5 Å². The van der Waals surface area contributed by atoms with Crippen LogP contribution in [0.5, 0.6) is 0 Å². The summed E-state index contributed by atoms with van der Waals surface area (Å²) in [5.74, 6) is 1.02. The summed E-state index contributed by atoms with van der Waals surface area (Å²) >= 11 is 7.49. The molecule has 4 rings (SSSR count). The van der Waals surface area contributed by atoms with Gasteiger partial charge in [0.1, 0.15) is 0 Å². The average molecular weight is 400 g/mol. The second-order valence-electron chi connectivity index (χ2n) is 7.40. The van der Waals surface area contributed by atoms with Crippen LogP contribution in [0.1, 0.15) is 24.4 Å². The molecule has 142 valence electrons. The maximum Gasteiger partial charge on any atom is 0.199 e. The lowest BCUT2D eigenvalue weighted by Crippen LogP contribution is -2.22. The topological polar surface area (TPSA) is 29.2 Å². The summed E-state index contributed by atoms with van der Waals surface area (Å²) in [5.41, 5.74) is 2.50. The van der Waals surface area contributed by atoms with Gasteiger partial charge in [0.15, 0.2) is 10.6 Å². The van der Waals surface area contributed by atoms with Crippen LogP contribution in [0.3, 0.4) is 0 Å². The number of hydrogen-bond donors (Lipinski definition) is 0. The highest BCUT2D eigenvalue weighted by Gasteiger charge is 2.29. The first-order valence-electron chi connectivity index (χ1n) is 9.21. The van der Waals surface area contributed by atoms with E-state index in [0.717, 1.165) is 17.1 Å². The molecular weight excluding hydrogens is 374 g/mol. The predicted octanol–water partition coefficient (Wildman–Crippen LogP) is 4.63. The molecule has 0 N–H and O–H groups in total. The van der Waals surface area contributed by atoms with Crippen molar-refractivity contribution in [2.24, 2.45) is 0 Å². The Hall–Kier alpha value is -1.96. The van der Waals surface area contributed by atoms with Gasteiger partial charge in [-0.05, 0) is 61.2 Å². The fourth-order valence-electron chi connectivity index (χ4n) is 3.24. The van der Waals surface area contributed by atoms with E-state index in [1.165, 1.54) is 29.0 Å². The van der Waals surface area contributed by atoms with E-state index < -0.39 is 0 Å². The maximum atomic E-state index is 5.77. The van der Waals surface area contributed by atoms with Crippen LogP contribution in [0.15, 0.2) is 41.8 Å². The van der Waals surface area contributed by atoms with Crippen molar-refractivity contribution in [1.29, 1.82) is 0 Å². The van der Waals surface area contributed by atoms with Gasteiger partial charge in [0.25, 0.3) is 0 Å². The highest BCUT2D eigenvalue weighted by molar-refractivity contribution is 7.71. The Labute approximate surface area is 169 Å². The van der Waals surface area contributed by atoms with Crippen LogP contribution in [0.4, 0.5) is 5.69 Å². The molecule has 1 saturated carbocycles. The minimum Gasteiger partial charge on any atom is -0.378 e. The molecule has 2 heterocycles. The molecule has 0 spiro atoms. The molecule has 3 aromatic rings. The van der Waals surface area contributed by atoms with Crippen LogP contribution in [0.25, 0.3) is 10.7 Å². The van der Waals surface area contributed by atoms with Crippen molar-refractivity contribution in [3.8, 4) is 10.7 Å². The van der Waals surface area contributed by atoms with E-state index in [1.54, 1.807) is 11.3 Å². The molecule has 0 saturated heterocycles. The predicted molar refractivity (Wildman–Crippen MR) is 115 cm³/mol. The van der Waals surface area contributed by atoms with Crippen molar-refractivity contribution < 1.29 is 0 Å². The number of thiophene rings is 1. The largest absolute Gasteiger partial charge is 0.378 e. The van der Waals surface area contributed by atoms with Crippen LogP contribution < -0.4 is 4.90 Å². The molecule has 27 heavy (non-hydrogen) atoms. The first kappa shape index (κ1) is 18.4. The standard InChI is InChI=1S/C20H25N5S2/c1-22(2)16-8-6-15(7-9-16)13-23(3)14-24-20(26)25(17-10-11-17)19(21-24)18-5-4-12-27-18/h4-9,12,17H,10-11,13-14H2,1-3H3. The Kier molecular flexibility index (Phi) is 5.16. The van der Waals surface area contributed by atoms with Crippen LogP contribution in [-0.4, -0.2) is 40.4 Å². The molecule has 1 aromatic carbocycles. The Morgan fingerprint density at radius 2 is 1.89 bits per heavy atom. The highest BCUT2D eigenvalue weighted by atomic mass is 32.1. The zero-order valence-corrected chi connectivity index (χ0v) is 17.6. The van der Waals surface area contributed by atoms with E-state index in [0.29, 0.717) is 12.7 Å². The number of benzene rings is 1. The van der Waals surface area contributed by atoms with Crippen molar-refractivity contribution in [3.63, 3.8) is 0 Å². The molecule has 1 aliphatic carbocycles. The molecule has 0 amide bonds. The molecular formula is C20H25N5S2. The number of rotatable bonds is 7. The van der Waals surface area contributed by atoms with Crippen LogP contribution >= 0.6 is 23.6 Å². The van der Waals surface area contributed by atoms with Crippen molar-refractivity contribution >= 4 is 29.2 Å². The Morgan fingerprint density at radius 3 is 2.48 bits per heavy atom. The first-order valence-corrected chi connectivity index (χ1v) is 10.5. The summed E-state index contributed by atoms with van der Waals surface area (Å²) in [6.45, 7) is 1.55. The first-order chi connectivity index (χ1) is 13.0. The Morgan fingerprint density at radius 1 is 1.15 bits per heavy atom. The number of hydrogen-bond acceptors (Lipinski definition) is 5. The monoisotopic (exact) mass is 399 g/mol. The molecule has 0 bridgehead atoms. The second-order valence-corrected chi connectivity index (χ2v) is 8.71. The van der Waals surface area contributed by atoms with Gasteiger partial charge >= 0.3 is 0 Å². The third-order valence-electron chi connectivity index (χ3n) is 4.80. The van der Waals surface area contributed by atoms with Gasteiger partial charge in [-0.1, -0.05) is 18.2 Å². The minimum absolute atomic E-state index is 0.521. The Bertz CT molecular complexity index is 949. The fourth-order valence-corrected chi connectivity index (χ4v) is 4.28. The molecule has 1 aliphatic rings. The van der Waals surface area contributed by atoms with Gasteiger partial charge in [-0.25, -0.2) is 4.68 Å². The molecule has 0 atom stereocenters. The molecule has 2 aromatic heterocycles. The van der Waals surface area contributed by atoms with Crippen LogP contribution in [-0.2, 0) is 13.2 Å². The summed E-state index contributed by atoms with van der Waals surface area (Å²) in [6.07, 6.45) is 2.40. The maximum absolute atomic E-state index is 5.77. The van der Waals surface area contributed by atoms with Gasteiger partial charge in [-0.15, -0.1) is 16.4 Å². The minimum atomic E-state index is 0.521. The molecule has 1 fully saturated rings. The van der Waals surface area contributed by atoms with Gasteiger partial charge in [-0.3, -0.25) is 9.47 Å². The van der Waals surface area contributed by atoms with Gasteiger partial charge in [-0.2, -0.15) is 0 Å². The van der Waals surface area contributed by atoms with E-state index in [-0.39, 0.29) is 0 Å². The van der Waals surface area contributed by atoms with Crippen LogP contribution in [0.2, 0.25) is 0 Å². The number of aromatic nitrogens is 3. The van der Waals surface area contributed by atoms with E-state index in [2.05, 4.69) is 77.3 Å². The summed E-state index contributed by atoms with van der Waals surface area (Å²) < 4.78 is 5.05. The lowest BCUT2D eigenvalue weighted by molar-refractivity contribution is 0.244. The van der Waals surface area contributed by atoms with Crippen molar-refractivity contribution in [2.45, 2.75) is 32.1 Å². The molecule has 7 heteroatoms. The highest BCUT2D eigenvalue weighted by Crippen LogP contribution is 2.39.